The Labute approximate surface area is 63.4 Å². The molecular weight excluding hydrogens is 157 g/mol. The van der Waals surface area contributed by atoms with Crippen LogP contribution in [0.3, 0.4) is 0 Å². The molecule has 1 heterocycles. The monoisotopic (exact) mass is 167 g/mol. The lowest BCUT2D eigenvalue weighted by molar-refractivity contribution is -0.155. The number of rotatable bonds is 0. The first-order chi connectivity index (χ1) is 5.00. The molecule has 65 valence electrons. The van der Waals surface area contributed by atoms with Crippen molar-refractivity contribution in [2.75, 3.05) is 20.1 Å². The average Bonchev–Trinajstić information content (AvgIpc) is 1.86. The Kier molecular flexibility index (Phi) is 2.39. The van der Waals surface area contributed by atoms with Crippen LogP contribution in [0.4, 0.5) is 13.2 Å². The molecule has 0 aromatic rings. The first kappa shape index (κ1) is 8.80. The Hall–Kier alpha value is -0.290. The van der Waals surface area contributed by atoms with Gasteiger partial charge in [-0.1, -0.05) is 0 Å². The maximum atomic E-state index is 12.0. The molecule has 2 nitrogen and oxygen atoms in total. The summed E-state index contributed by atoms with van der Waals surface area (Å²) in [7, 11) is 1.64. The van der Waals surface area contributed by atoms with E-state index in [2.05, 4.69) is 5.32 Å². The summed E-state index contributed by atoms with van der Waals surface area (Å²) in [6.45, 7) is 2.17. The molecule has 1 unspecified atom stereocenters. The summed E-state index contributed by atoms with van der Waals surface area (Å²) in [6, 6.07) is -1.47. The van der Waals surface area contributed by atoms with Gasteiger partial charge in [0.05, 0.1) is 6.54 Å². The minimum atomic E-state index is -4.16. The van der Waals surface area contributed by atoms with E-state index in [4.69, 9.17) is 0 Å². The molecule has 0 aromatic heterocycles. The Morgan fingerprint density at radius 3 is 2.55 bits per heavy atom. The lowest BCUT2D eigenvalue weighted by Gasteiger charge is -2.31. The lowest BCUT2D eigenvalue weighted by atomic mass is 10.2. The van der Waals surface area contributed by atoms with Gasteiger partial charge in [-0.15, -0.1) is 0 Å². The topological polar surface area (TPSA) is 15.3 Å². The van der Waals surface area contributed by atoms with Gasteiger partial charge in [-0.25, -0.2) is 0 Å². The summed E-state index contributed by atoms with van der Waals surface area (Å²) >= 11 is 0. The van der Waals surface area contributed by atoms with Crippen LogP contribution in [-0.4, -0.2) is 37.3 Å². The van der Waals surface area contributed by atoms with Gasteiger partial charge in [-0.3, -0.25) is 4.90 Å². The normalized spacial score (nSPS) is 28.9. The van der Waals surface area contributed by atoms with Crippen molar-refractivity contribution in [1.82, 2.24) is 10.2 Å². The SMILES string of the molecule is CN1[CH]C(C(F)(F)F)NCC1. The Balaban J connectivity index is 2.46. The van der Waals surface area contributed by atoms with Gasteiger partial charge >= 0.3 is 6.18 Å². The first-order valence-corrected chi connectivity index (χ1v) is 3.35. The predicted octanol–water partition coefficient (Wildman–Crippen LogP) is 0.614. The number of nitrogens with zero attached hydrogens (tertiary/aromatic N) is 1. The van der Waals surface area contributed by atoms with E-state index >= 15 is 0 Å². The summed E-state index contributed by atoms with van der Waals surface area (Å²) in [5.41, 5.74) is 0. The van der Waals surface area contributed by atoms with Crippen LogP contribution in [0.2, 0.25) is 0 Å². The summed E-state index contributed by atoms with van der Waals surface area (Å²) in [4.78, 5) is 1.55. The maximum absolute atomic E-state index is 12.0. The van der Waals surface area contributed by atoms with Crippen LogP contribution >= 0.6 is 0 Å². The molecular formula is C6H10F3N2. The summed E-state index contributed by atoms with van der Waals surface area (Å²) < 4.78 is 36.0. The van der Waals surface area contributed by atoms with Crippen molar-refractivity contribution in [3.63, 3.8) is 0 Å². The third kappa shape index (κ3) is 2.34. The van der Waals surface area contributed by atoms with E-state index in [0.717, 1.165) is 6.54 Å². The fraction of sp³-hybridized carbons (Fsp3) is 0.833. The Morgan fingerprint density at radius 2 is 2.18 bits per heavy atom. The number of halogens is 3. The van der Waals surface area contributed by atoms with Crippen LogP contribution in [-0.2, 0) is 0 Å². The average molecular weight is 167 g/mol. The molecule has 5 heteroatoms. The van der Waals surface area contributed by atoms with Gasteiger partial charge in [0.15, 0.2) is 0 Å². The highest BCUT2D eigenvalue weighted by atomic mass is 19.4. The van der Waals surface area contributed by atoms with Crippen LogP contribution < -0.4 is 5.32 Å². The molecule has 1 saturated heterocycles. The van der Waals surface area contributed by atoms with Gasteiger partial charge in [0, 0.05) is 13.1 Å². The molecule has 1 aliphatic heterocycles. The van der Waals surface area contributed by atoms with E-state index in [9.17, 15) is 13.2 Å². The highest BCUT2D eigenvalue weighted by Crippen LogP contribution is 2.23. The Morgan fingerprint density at radius 1 is 1.55 bits per heavy atom. The second-order valence-corrected chi connectivity index (χ2v) is 2.60. The minimum absolute atomic E-state index is 0.386. The number of hydrogen-bond donors (Lipinski definition) is 1. The standard InChI is InChI=1S/C6H10F3N2/c1-11-3-2-10-5(4-11)6(7,8)9/h4-5,10H,2-3H2,1H3. The number of nitrogens with one attached hydrogen (secondary N) is 1. The zero-order chi connectivity index (χ0) is 8.48. The first-order valence-electron chi connectivity index (χ1n) is 3.35. The number of likely N-dealkylation sites (N-methyl/N-ethyl adjacent to an activating group) is 1. The van der Waals surface area contributed by atoms with Gasteiger partial charge in [0.25, 0.3) is 0 Å². The third-order valence-electron chi connectivity index (χ3n) is 1.58. The third-order valence-corrected chi connectivity index (χ3v) is 1.58. The molecule has 0 aromatic carbocycles. The van der Waals surface area contributed by atoms with Gasteiger partial charge in [-0.2, -0.15) is 13.2 Å². The molecule has 1 aliphatic rings. The highest BCUT2D eigenvalue weighted by molar-refractivity contribution is 4.91. The fourth-order valence-electron chi connectivity index (χ4n) is 0.978. The van der Waals surface area contributed by atoms with E-state index in [1.165, 1.54) is 0 Å². The largest absolute Gasteiger partial charge is 0.405 e. The molecule has 1 radical (unpaired) electrons. The molecule has 1 rings (SSSR count). The van der Waals surface area contributed by atoms with Crippen molar-refractivity contribution < 1.29 is 13.2 Å². The van der Waals surface area contributed by atoms with Crippen LogP contribution in [0, 0.1) is 6.54 Å². The van der Waals surface area contributed by atoms with Gasteiger partial charge < -0.3 is 5.32 Å². The number of hydrogen-bond acceptors (Lipinski definition) is 2. The van der Waals surface area contributed by atoms with E-state index in [-0.39, 0.29) is 0 Å². The number of piperazine rings is 1. The van der Waals surface area contributed by atoms with E-state index < -0.39 is 12.2 Å². The zero-order valence-corrected chi connectivity index (χ0v) is 6.15. The molecule has 1 fully saturated rings. The molecule has 11 heavy (non-hydrogen) atoms. The van der Waals surface area contributed by atoms with E-state index in [1.807, 2.05) is 0 Å². The van der Waals surface area contributed by atoms with Crippen molar-refractivity contribution in [2.24, 2.45) is 0 Å². The number of alkyl halides is 3. The second kappa shape index (κ2) is 2.98. The molecule has 0 amide bonds. The highest BCUT2D eigenvalue weighted by Gasteiger charge is 2.41. The van der Waals surface area contributed by atoms with Crippen LogP contribution in [0.25, 0.3) is 0 Å². The van der Waals surface area contributed by atoms with E-state index in [0.29, 0.717) is 13.1 Å². The van der Waals surface area contributed by atoms with E-state index in [1.54, 1.807) is 11.9 Å². The van der Waals surface area contributed by atoms with Gasteiger partial charge in [-0.05, 0) is 7.05 Å². The van der Waals surface area contributed by atoms with Gasteiger partial charge in [0.2, 0.25) is 0 Å². The van der Waals surface area contributed by atoms with Crippen LogP contribution in [0.1, 0.15) is 0 Å². The lowest BCUT2D eigenvalue weighted by Crippen LogP contribution is -2.52. The predicted molar refractivity (Wildman–Crippen MR) is 34.8 cm³/mol. The Bertz CT molecular complexity index is 134. The fourth-order valence-corrected chi connectivity index (χ4v) is 0.978. The smallest absolute Gasteiger partial charge is 0.304 e. The van der Waals surface area contributed by atoms with Crippen molar-refractivity contribution >= 4 is 0 Å². The van der Waals surface area contributed by atoms with Gasteiger partial charge in [0.1, 0.15) is 6.04 Å². The molecule has 0 saturated carbocycles. The van der Waals surface area contributed by atoms with Crippen LogP contribution in [0.5, 0.6) is 0 Å². The van der Waals surface area contributed by atoms with Crippen molar-refractivity contribution in [3.8, 4) is 0 Å². The maximum Gasteiger partial charge on any atom is 0.405 e. The molecule has 0 bridgehead atoms. The van der Waals surface area contributed by atoms with Crippen molar-refractivity contribution in [1.29, 1.82) is 0 Å². The molecule has 1 atom stereocenters. The molecule has 1 N–H and O–H groups in total. The summed E-state index contributed by atoms with van der Waals surface area (Å²) in [6.07, 6.45) is -4.16. The van der Waals surface area contributed by atoms with Crippen molar-refractivity contribution in [2.45, 2.75) is 12.2 Å². The summed E-state index contributed by atoms with van der Waals surface area (Å²) in [5, 5.41) is 2.37. The minimum Gasteiger partial charge on any atom is -0.304 e. The second-order valence-electron chi connectivity index (χ2n) is 2.60. The molecule has 0 spiro atoms. The quantitative estimate of drug-likeness (QED) is 0.568. The summed E-state index contributed by atoms with van der Waals surface area (Å²) in [5.74, 6) is 0. The molecule has 0 aliphatic carbocycles. The zero-order valence-electron chi connectivity index (χ0n) is 6.15. The van der Waals surface area contributed by atoms with Crippen molar-refractivity contribution in [3.05, 3.63) is 6.54 Å². The van der Waals surface area contributed by atoms with Crippen LogP contribution in [0.15, 0.2) is 0 Å².